The van der Waals surface area contributed by atoms with Gasteiger partial charge in [0.1, 0.15) is 0 Å². The predicted octanol–water partition coefficient (Wildman–Crippen LogP) is 0.425. The lowest BCUT2D eigenvalue weighted by Gasteiger charge is -1.89. The summed E-state index contributed by atoms with van der Waals surface area (Å²) in [6.07, 6.45) is 2.40. The molecule has 0 aromatic carbocycles. The molecule has 0 aromatic rings. The van der Waals surface area contributed by atoms with Crippen LogP contribution in [0, 0.1) is 0 Å². The summed E-state index contributed by atoms with van der Waals surface area (Å²) < 4.78 is 0. The predicted molar refractivity (Wildman–Crippen MR) is 45.5 cm³/mol. The average molecular weight is 150 g/mol. The number of hydrogen-bond acceptors (Lipinski definition) is 2. The van der Waals surface area contributed by atoms with Gasteiger partial charge in [-0.05, 0) is 37.1 Å². The van der Waals surface area contributed by atoms with Gasteiger partial charge in [-0.3, -0.25) is 0 Å². The maximum absolute atomic E-state index is 3.49. The van der Waals surface area contributed by atoms with E-state index in [2.05, 4.69) is 16.4 Å². The van der Waals surface area contributed by atoms with Gasteiger partial charge in [-0.1, -0.05) is 0 Å². The third kappa shape index (κ3) is 1.72. The summed E-state index contributed by atoms with van der Waals surface area (Å²) in [6.45, 7) is 4.40. The molecule has 2 heteroatoms. The molecule has 2 fully saturated rings. The summed E-state index contributed by atoms with van der Waals surface area (Å²) in [7, 11) is 0. The Hall–Kier alpha value is -0.560. The zero-order valence-corrected chi connectivity index (χ0v) is 6.74. The monoisotopic (exact) mass is 150 g/mol. The van der Waals surface area contributed by atoms with Crippen LogP contribution in [0.4, 0.5) is 0 Å². The maximum Gasteiger partial charge on any atom is 0.0240 e. The first-order valence-corrected chi connectivity index (χ1v) is 4.33. The van der Waals surface area contributed by atoms with Gasteiger partial charge in [0, 0.05) is 13.1 Å². The average Bonchev–Trinajstić information content (AvgIpc) is 2.60. The zero-order valence-electron chi connectivity index (χ0n) is 6.74. The van der Waals surface area contributed by atoms with Gasteiger partial charge in [-0.15, -0.1) is 5.73 Å². The SMILES string of the molecule is C(=C1CCNC1)=C1CCNC1. The van der Waals surface area contributed by atoms with E-state index in [4.69, 9.17) is 0 Å². The smallest absolute Gasteiger partial charge is 0.0240 e. The molecule has 11 heavy (non-hydrogen) atoms. The second-order valence-electron chi connectivity index (χ2n) is 3.19. The van der Waals surface area contributed by atoms with Gasteiger partial charge in [0.05, 0.1) is 0 Å². The Bertz CT molecular complexity index is 176. The van der Waals surface area contributed by atoms with Crippen molar-refractivity contribution in [3.63, 3.8) is 0 Å². The lowest BCUT2D eigenvalue weighted by molar-refractivity contribution is 0.862. The highest BCUT2D eigenvalue weighted by atomic mass is 14.9. The highest BCUT2D eigenvalue weighted by Gasteiger charge is 2.07. The Morgan fingerprint density at radius 1 is 0.909 bits per heavy atom. The molecule has 2 rings (SSSR count). The Balaban J connectivity index is 2.13. The van der Waals surface area contributed by atoms with E-state index in [0.29, 0.717) is 0 Å². The van der Waals surface area contributed by atoms with Gasteiger partial charge < -0.3 is 10.6 Å². The van der Waals surface area contributed by atoms with Crippen LogP contribution in [0.2, 0.25) is 0 Å². The molecule has 0 amide bonds. The summed E-state index contributed by atoms with van der Waals surface area (Å²) in [6, 6.07) is 0. The van der Waals surface area contributed by atoms with Crippen LogP contribution < -0.4 is 10.6 Å². The van der Waals surface area contributed by atoms with Crippen molar-refractivity contribution in [1.29, 1.82) is 0 Å². The molecular weight excluding hydrogens is 136 g/mol. The third-order valence-corrected chi connectivity index (χ3v) is 2.24. The van der Waals surface area contributed by atoms with Crippen molar-refractivity contribution < 1.29 is 0 Å². The first-order chi connectivity index (χ1) is 5.45. The van der Waals surface area contributed by atoms with E-state index < -0.39 is 0 Å². The Kier molecular flexibility index (Phi) is 2.08. The van der Waals surface area contributed by atoms with Crippen LogP contribution in [0.3, 0.4) is 0 Å². The van der Waals surface area contributed by atoms with Gasteiger partial charge in [0.15, 0.2) is 0 Å². The highest BCUT2D eigenvalue weighted by molar-refractivity contribution is 5.16. The largest absolute Gasteiger partial charge is 0.312 e. The lowest BCUT2D eigenvalue weighted by atomic mass is 10.2. The fourth-order valence-electron chi connectivity index (χ4n) is 1.60. The Labute approximate surface area is 67.4 Å². The van der Waals surface area contributed by atoms with Crippen LogP contribution >= 0.6 is 0 Å². The molecule has 0 aromatic heterocycles. The van der Waals surface area contributed by atoms with Crippen molar-refractivity contribution >= 4 is 0 Å². The minimum atomic E-state index is 1.06. The molecule has 2 heterocycles. The van der Waals surface area contributed by atoms with Crippen LogP contribution in [-0.4, -0.2) is 26.2 Å². The van der Waals surface area contributed by atoms with E-state index in [1.807, 2.05) is 0 Å². The first-order valence-electron chi connectivity index (χ1n) is 4.33. The van der Waals surface area contributed by atoms with Crippen molar-refractivity contribution in [2.45, 2.75) is 12.8 Å². The van der Waals surface area contributed by atoms with Crippen molar-refractivity contribution in [3.05, 3.63) is 16.9 Å². The molecule has 0 spiro atoms. The van der Waals surface area contributed by atoms with Gasteiger partial charge in [0.25, 0.3) is 0 Å². The normalized spacial score (nSPS) is 24.4. The van der Waals surface area contributed by atoms with Gasteiger partial charge in [-0.2, -0.15) is 0 Å². The van der Waals surface area contributed by atoms with Crippen LogP contribution in [0.25, 0.3) is 0 Å². The molecule has 0 bridgehead atoms. The number of rotatable bonds is 0. The Morgan fingerprint density at radius 3 is 1.82 bits per heavy atom. The van der Waals surface area contributed by atoms with Crippen molar-refractivity contribution in [3.8, 4) is 0 Å². The molecule has 2 aliphatic heterocycles. The van der Waals surface area contributed by atoms with Crippen molar-refractivity contribution in [2.24, 2.45) is 0 Å². The van der Waals surface area contributed by atoms with Crippen LogP contribution in [0.1, 0.15) is 12.8 Å². The molecule has 2 aliphatic rings. The molecule has 60 valence electrons. The second-order valence-corrected chi connectivity index (χ2v) is 3.19. The van der Waals surface area contributed by atoms with Gasteiger partial charge in [0.2, 0.25) is 0 Å². The highest BCUT2D eigenvalue weighted by Crippen LogP contribution is 2.09. The van der Waals surface area contributed by atoms with Crippen LogP contribution in [-0.2, 0) is 0 Å². The van der Waals surface area contributed by atoms with Crippen molar-refractivity contribution in [1.82, 2.24) is 10.6 Å². The molecule has 2 nitrogen and oxygen atoms in total. The fourth-order valence-corrected chi connectivity index (χ4v) is 1.60. The quantitative estimate of drug-likeness (QED) is 0.489. The van der Waals surface area contributed by atoms with Gasteiger partial charge >= 0.3 is 0 Å². The van der Waals surface area contributed by atoms with E-state index in [9.17, 15) is 0 Å². The fraction of sp³-hybridized carbons (Fsp3) is 0.667. The minimum Gasteiger partial charge on any atom is -0.312 e. The molecule has 2 N–H and O–H groups in total. The van der Waals surface area contributed by atoms with Gasteiger partial charge in [-0.25, -0.2) is 0 Å². The molecule has 0 radical (unpaired) electrons. The Morgan fingerprint density at radius 2 is 1.45 bits per heavy atom. The summed E-state index contributed by atoms with van der Waals surface area (Å²) in [4.78, 5) is 0. The standard InChI is InChI=1S/C9H14N2/c1-3-10-6-8(1)5-9-2-4-11-7-9/h10-11H,1-4,6-7H2. The second kappa shape index (κ2) is 3.22. The molecule has 0 atom stereocenters. The topological polar surface area (TPSA) is 24.1 Å². The molecule has 0 aliphatic carbocycles. The first kappa shape index (κ1) is 7.11. The summed E-state index contributed by atoms with van der Waals surface area (Å²) in [5.41, 5.74) is 6.41. The van der Waals surface area contributed by atoms with E-state index >= 15 is 0 Å². The summed E-state index contributed by atoms with van der Waals surface area (Å²) in [5.74, 6) is 0. The number of nitrogens with one attached hydrogen (secondary N) is 2. The molecule has 2 saturated heterocycles. The lowest BCUT2D eigenvalue weighted by Crippen LogP contribution is -2.05. The zero-order chi connectivity index (χ0) is 7.52. The van der Waals surface area contributed by atoms with E-state index in [0.717, 1.165) is 26.2 Å². The van der Waals surface area contributed by atoms with Crippen LogP contribution in [0.5, 0.6) is 0 Å². The molecule has 0 unspecified atom stereocenters. The third-order valence-electron chi connectivity index (χ3n) is 2.24. The van der Waals surface area contributed by atoms with E-state index in [1.54, 1.807) is 0 Å². The summed E-state index contributed by atoms with van der Waals surface area (Å²) in [5, 5.41) is 6.63. The van der Waals surface area contributed by atoms with Crippen LogP contribution in [0.15, 0.2) is 16.9 Å². The molecular formula is C9H14N2. The summed E-state index contributed by atoms with van der Waals surface area (Å²) >= 11 is 0. The van der Waals surface area contributed by atoms with Crippen molar-refractivity contribution in [2.75, 3.05) is 26.2 Å². The maximum atomic E-state index is 3.49. The van der Waals surface area contributed by atoms with E-state index in [-0.39, 0.29) is 0 Å². The molecule has 0 saturated carbocycles. The van der Waals surface area contributed by atoms with E-state index in [1.165, 1.54) is 24.0 Å². The minimum absolute atomic E-state index is 1.06. The number of hydrogen-bond donors (Lipinski definition) is 2.